The van der Waals surface area contributed by atoms with Crippen LogP contribution in [0.3, 0.4) is 0 Å². The summed E-state index contributed by atoms with van der Waals surface area (Å²) in [4.78, 5) is 0. The van der Waals surface area contributed by atoms with E-state index in [1.165, 1.54) is 36.1 Å². The molecule has 2 aromatic heterocycles. The summed E-state index contributed by atoms with van der Waals surface area (Å²) in [5.74, 6) is 1.32. The summed E-state index contributed by atoms with van der Waals surface area (Å²) in [5.41, 5.74) is 4.82. The quantitative estimate of drug-likeness (QED) is 0.757. The Kier molecular flexibility index (Phi) is 4.11. The van der Waals surface area contributed by atoms with E-state index in [2.05, 4.69) is 56.5 Å². The van der Waals surface area contributed by atoms with Crippen LogP contribution in [0.1, 0.15) is 43.0 Å². The van der Waals surface area contributed by atoms with E-state index in [1.54, 1.807) is 0 Å². The first-order chi connectivity index (χ1) is 11.8. The van der Waals surface area contributed by atoms with Gasteiger partial charge in [-0.3, -0.25) is 4.68 Å². The molecule has 124 valence electrons. The summed E-state index contributed by atoms with van der Waals surface area (Å²) < 4.78 is 2.14. The van der Waals surface area contributed by atoms with Gasteiger partial charge < -0.3 is 0 Å². The monoisotopic (exact) mass is 322 g/mol. The van der Waals surface area contributed by atoms with Gasteiger partial charge in [-0.05, 0) is 36.0 Å². The Labute approximate surface area is 141 Å². The van der Waals surface area contributed by atoms with Crippen LogP contribution in [0.4, 0.5) is 0 Å². The molecule has 6 heteroatoms. The second kappa shape index (κ2) is 6.55. The number of hydrogen-bond donors (Lipinski definition) is 1. The lowest BCUT2D eigenvalue weighted by Gasteiger charge is -2.10. The van der Waals surface area contributed by atoms with Crippen LogP contribution in [0.15, 0.2) is 30.3 Å². The van der Waals surface area contributed by atoms with E-state index in [0.29, 0.717) is 11.7 Å². The van der Waals surface area contributed by atoms with Gasteiger partial charge in [-0.2, -0.15) is 10.3 Å². The van der Waals surface area contributed by atoms with Crippen molar-refractivity contribution >= 4 is 0 Å². The van der Waals surface area contributed by atoms with Crippen molar-refractivity contribution < 1.29 is 0 Å². The molecule has 0 aliphatic heterocycles. The van der Waals surface area contributed by atoms with E-state index >= 15 is 0 Å². The second-order valence-corrected chi connectivity index (χ2v) is 6.57. The van der Waals surface area contributed by atoms with E-state index in [1.807, 2.05) is 6.07 Å². The van der Waals surface area contributed by atoms with Crippen LogP contribution in [0, 0.1) is 5.92 Å². The average Bonchev–Trinajstić information content (AvgIpc) is 3.32. The summed E-state index contributed by atoms with van der Waals surface area (Å²) in [6.07, 6.45) is 6.00. The summed E-state index contributed by atoms with van der Waals surface area (Å²) in [6, 6.07) is 10.5. The van der Waals surface area contributed by atoms with Crippen LogP contribution in [-0.4, -0.2) is 30.4 Å². The van der Waals surface area contributed by atoms with E-state index in [0.717, 1.165) is 25.1 Å². The Balaban J connectivity index is 1.67. The number of aromatic nitrogens is 6. The van der Waals surface area contributed by atoms with Gasteiger partial charge in [0.15, 0.2) is 0 Å². The SMILES string of the molecule is CCCCC1Cc2c(-c3nn[nH]n3)nn(Cc3ccccc3)c2C1. The molecular formula is C18H22N6. The van der Waals surface area contributed by atoms with Gasteiger partial charge in [0.05, 0.1) is 6.54 Å². The van der Waals surface area contributed by atoms with Crippen molar-refractivity contribution in [1.29, 1.82) is 0 Å². The van der Waals surface area contributed by atoms with Crippen molar-refractivity contribution in [2.24, 2.45) is 5.92 Å². The zero-order chi connectivity index (χ0) is 16.4. The van der Waals surface area contributed by atoms with Gasteiger partial charge in [-0.25, -0.2) is 0 Å². The van der Waals surface area contributed by atoms with Crippen molar-refractivity contribution in [3.8, 4) is 11.5 Å². The van der Waals surface area contributed by atoms with Crippen LogP contribution in [0.5, 0.6) is 0 Å². The van der Waals surface area contributed by atoms with Gasteiger partial charge in [0.2, 0.25) is 5.82 Å². The maximum absolute atomic E-state index is 4.82. The molecule has 1 N–H and O–H groups in total. The van der Waals surface area contributed by atoms with E-state index in [9.17, 15) is 0 Å². The molecule has 2 heterocycles. The Morgan fingerprint density at radius 3 is 2.83 bits per heavy atom. The fourth-order valence-corrected chi connectivity index (χ4v) is 3.64. The Bertz CT molecular complexity index is 791. The fourth-order valence-electron chi connectivity index (χ4n) is 3.64. The molecular weight excluding hydrogens is 300 g/mol. The molecule has 0 saturated heterocycles. The highest BCUT2D eigenvalue weighted by atomic mass is 15.5. The molecule has 1 aliphatic rings. The molecule has 0 spiro atoms. The standard InChI is InChI=1S/C18H22N6/c1-2-3-7-14-10-15-16(11-14)24(12-13-8-5-4-6-9-13)21-17(15)18-19-22-23-20-18/h4-6,8-9,14H,2-3,7,10-12H2,1H3,(H,19,20,22,23). The van der Waals surface area contributed by atoms with Crippen LogP contribution in [-0.2, 0) is 19.4 Å². The molecule has 3 aromatic rings. The Hall–Kier alpha value is -2.50. The van der Waals surface area contributed by atoms with Crippen molar-refractivity contribution in [1.82, 2.24) is 30.4 Å². The molecule has 0 fully saturated rings. The minimum absolute atomic E-state index is 0.606. The lowest BCUT2D eigenvalue weighted by molar-refractivity contribution is 0.475. The van der Waals surface area contributed by atoms with Crippen LogP contribution in [0.25, 0.3) is 11.5 Å². The molecule has 1 aromatic carbocycles. The van der Waals surface area contributed by atoms with Crippen molar-refractivity contribution in [3.63, 3.8) is 0 Å². The molecule has 0 saturated carbocycles. The molecule has 4 rings (SSSR count). The first kappa shape index (κ1) is 15.1. The number of nitrogens with one attached hydrogen (secondary N) is 1. The number of tetrazole rings is 1. The van der Waals surface area contributed by atoms with E-state index in [-0.39, 0.29) is 0 Å². The highest BCUT2D eigenvalue weighted by Crippen LogP contribution is 2.35. The molecule has 0 amide bonds. The number of nitrogens with zero attached hydrogens (tertiary/aromatic N) is 5. The van der Waals surface area contributed by atoms with Gasteiger partial charge in [0, 0.05) is 11.3 Å². The van der Waals surface area contributed by atoms with E-state index in [4.69, 9.17) is 5.10 Å². The molecule has 6 nitrogen and oxygen atoms in total. The highest BCUT2D eigenvalue weighted by Gasteiger charge is 2.30. The van der Waals surface area contributed by atoms with Gasteiger partial charge in [-0.15, -0.1) is 10.2 Å². The minimum atomic E-state index is 0.606. The molecule has 1 unspecified atom stereocenters. The van der Waals surface area contributed by atoms with Crippen LogP contribution < -0.4 is 0 Å². The van der Waals surface area contributed by atoms with Crippen molar-refractivity contribution in [3.05, 3.63) is 47.2 Å². The smallest absolute Gasteiger partial charge is 0.225 e. The lowest BCUT2D eigenvalue weighted by Crippen LogP contribution is -2.08. The highest BCUT2D eigenvalue weighted by molar-refractivity contribution is 5.57. The first-order valence-electron chi connectivity index (χ1n) is 8.71. The third-order valence-corrected chi connectivity index (χ3v) is 4.84. The summed E-state index contributed by atoms with van der Waals surface area (Å²) >= 11 is 0. The Morgan fingerprint density at radius 1 is 1.21 bits per heavy atom. The zero-order valence-electron chi connectivity index (χ0n) is 13.9. The summed E-state index contributed by atoms with van der Waals surface area (Å²) in [6.45, 7) is 3.05. The lowest BCUT2D eigenvalue weighted by atomic mass is 9.99. The van der Waals surface area contributed by atoms with Crippen LogP contribution >= 0.6 is 0 Å². The predicted molar refractivity (Wildman–Crippen MR) is 91.4 cm³/mol. The average molecular weight is 322 g/mol. The third kappa shape index (κ3) is 2.84. The zero-order valence-corrected chi connectivity index (χ0v) is 13.9. The molecule has 0 radical (unpaired) electrons. The van der Waals surface area contributed by atoms with Crippen molar-refractivity contribution in [2.75, 3.05) is 0 Å². The maximum Gasteiger partial charge on any atom is 0.225 e. The van der Waals surface area contributed by atoms with E-state index < -0.39 is 0 Å². The molecule has 24 heavy (non-hydrogen) atoms. The van der Waals surface area contributed by atoms with Crippen LogP contribution in [0.2, 0.25) is 0 Å². The molecule has 0 bridgehead atoms. The van der Waals surface area contributed by atoms with Crippen molar-refractivity contribution in [2.45, 2.75) is 45.6 Å². The summed E-state index contributed by atoms with van der Waals surface area (Å²) in [5, 5.41) is 19.4. The fraction of sp³-hybridized carbons (Fsp3) is 0.444. The number of fused-ring (bicyclic) bond motifs is 1. The maximum atomic E-state index is 4.82. The number of hydrogen-bond acceptors (Lipinski definition) is 4. The van der Waals surface area contributed by atoms with Gasteiger partial charge in [0.25, 0.3) is 0 Å². The number of unbranched alkanes of at least 4 members (excludes halogenated alkanes) is 1. The van der Waals surface area contributed by atoms with Gasteiger partial charge in [-0.1, -0.05) is 50.1 Å². The topological polar surface area (TPSA) is 72.3 Å². The number of benzene rings is 1. The second-order valence-electron chi connectivity index (χ2n) is 6.57. The normalized spacial score (nSPS) is 16.5. The number of H-pyrrole nitrogens is 1. The Morgan fingerprint density at radius 2 is 2.08 bits per heavy atom. The minimum Gasteiger partial charge on any atom is -0.264 e. The largest absolute Gasteiger partial charge is 0.264 e. The van der Waals surface area contributed by atoms with Gasteiger partial charge >= 0.3 is 0 Å². The predicted octanol–water partition coefficient (Wildman–Crippen LogP) is 3.02. The molecule has 1 atom stereocenters. The third-order valence-electron chi connectivity index (χ3n) is 4.84. The van der Waals surface area contributed by atoms with Gasteiger partial charge in [0.1, 0.15) is 5.69 Å². The summed E-state index contributed by atoms with van der Waals surface area (Å²) in [7, 11) is 0. The number of rotatable bonds is 6. The number of aromatic amines is 1. The molecule has 1 aliphatic carbocycles. The first-order valence-corrected chi connectivity index (χ1v) is 8.71.